The quantitative estimate of drug-likeness (QED) is 0.566. The van der Waals surface area contributed by atoms with E-state index < -0.39 is 0 Å². The molecule has 0 aliphatic carbocycles. The van der Waals surface area contributed by atoms with Gasteiger partial charge in [-0.25, -0.2) is 4.99 Å². The smallest absolute Gasteiger partial charge is 0.109 e. The van der Waals surface area contributed by atoms with Crippen LogP contribution in [0.3, 0.4) is 0 Å². The predicted molar refractivity (Wildman–Crippen MR) is 63.2 cm³/mol. The Bertz CT molecular complexity index is 222. The van der Waals surface area contributed by atoms with Crippen molar-refractivity contribution in [3.8, 4) is 0 Å². The Kier molecular flexibility index (Phi) is 2.84. The number of aliphatic imine (C=N–C) groups is 2. The van der Waals surface area contributed by atoms with Crippen molar-refractivity contribution in [1.29, 1.82) is 0 Å². The average Bonchev–Trinajstić information content (AvgIpc) is 2.01. The lowest BCUT2D eigenvalue weighted by molar-refractivity contribution is 0.186. The number of hydrogen-bond donors (Lipinski definition) is 0. The Labute approximate surface area is 87.5 Å². The maximum atomic E-state index is 4.53. The molecule has 0 aromatic rings. The van der Waals surface area contributed by atoms with E-state index in [-0.39, 0.29) is 10.8 Å². The third-order valence-corrected chi connectivity index (χ3v) is 2.77. The summed E-state index contributed by atoms with van der Waals surface area (Å²) in [6.45, 7) is 13.5. The highest BCUT2D eigenvalue weighted by Crippen LogP contribution is 2.38. The number of hydrogen-bond acceptors (Lipinski definition) is 2. The highest BCUT2D eigenvalue weighted by Gasteiger charge is 2.38. The lowest BCUT2D eigenvalue weighted by Crippen LogP contribution is -2.41. The molecule has 0 saturated carbocycles. The lowest BCUT2D eigenvalue weighted by Gasteiger charge is -2.40. The van der Waals surface area contributed by atoms with Crippen molar-refractivity contribution >= 4 is 12.6 Å². The minimum Gasteiger partial charge on any atom is -0.269 e. The first-order valence-electron chi connectivity index (χ1n) is 5.28. The molecule has 2 atom stereocenters. The van der Waals surface area contributed by atoms with Crippen LogP contribution in [0.15, 0.2) is 9.98 Å². The summed E-state index contributed by atoms with van der Waals surface area (Å²) in [5, 5.41) is 0. The molecule has 1 aliphatic heterocycles. The van der Waals surface area contributed by atoms with Crippen LogP contribution in [0.1, 0.15) is 41.5 Å². The summed E-state index contributed by atoms with van der Waals surface area (Å²) in [5.74, 6) is 0.438. The summed E-state index contributed by atoms with van der Waals surface area (Å²) in [6.07, 6.45) is 3.75. The zero-order chi connectivity index (χ0) is 11.0. The van der Waals surface area contributed by atoms with Gasteiger partial charge < -0.3 is 0 Å². The van der Waals surface area contributed by atoms with Gasteiger partial charge in [-0.1, -0.05) is 41.5 Å². The summed E-state index contributed by atoms with van der Waals surface area (Å²) in [6, 6.07) is 0.347. The molecular formula is C12H22N2. The molecular weight excluding hydrogens is 172 g/mol. The van der Waals surface area contributed by atoms with Crippen LogP contribution in [0.5, 0.6) is 0 Å². The summed E-state index contributed by atoms with van der Waals surface area (Å²) in [4.78, 5) is 8.70. The molecule has 2 unspecified atom stereocenters. The zero-order valence-electron chi connectivity index (χ0n) is 10.2. The predicted octanol–water partition coefficient (Wildman–Crippen LogP) is 3.18. The van der Waals surface area contributed by atoms with Crippen molar-refractivity contribution in [2.75, 3.05) is 0 Å². The van der Waals surface area contributed by atoms with Crippen LogP contribution < -0.4 is 0 Å². The normalized spacial score (nSPS) is 28.1. The van der Waals surface area contributed by atoms with Gasteiger partial charge in [0.1, 0.15) is 6.34 Å². The van der Waals surface area contributed by atoms with Gasteiger partial charge in [0.2, 0.25) is 0 Å². The van der Waals surface area contributed by atoms with Crippen LogP contribution in [0.2, 0.25) is 0 Å². The van der Waals surface area contributed by atoms with Gasteiger partial charge >= 0.3 is 0 Å². The third-order valence-electron chi connectivity index (χ3n) is 2.77. The van der Waals surface area contributed by atoms with Gasteiger partial charge in [0.25, 0.3) is 0 Å². The van der Waals surface area contributed by atoms with E-state index in [4.69, 9.17) is 0 Å². The Hall–Kier alpha value is -0.660. The summed E-state index contributed by atoms with van der Waals surface area (Å²) >= 11 is 0. The first kappa shape index (κ1) is 11.4. The molecule has 0 aromatic heterocycles. The second-order valence-corrected chi connectivity index (χ2v) is 6.27. The zero-order valence-corrected chi connectivity index (χ0v) is 10.2. The van der Waals surface area contributed by atoms with Gasteiger partial charge in [-0.05, 0) is 10.8 Å². The minimum absolute atomic E-state index is 0.209. The van der Waals surface area contributed by atoms with Gasteiger partial charge in [0.05, 0.1) is 6.04 Å². The van der Waals surface area contributed by atoms with Crippen LogP contribution >= 0.6 is 0 Å². The highest BCUT2D eigenvalue weighted by molar-refractivity contribution is 5.77. The number of rotatable bonds is 0. The molecule has 2 heteroatoms. The molecule has 1 rings (SSSR count). The molecule has 0 saturated heterocycles. The van der Waals surface area contributed by atoms with E-state index in [0.717, 1.165) is 0 Å². The van der Waals surface area contributed by atoms with Crippen LogP contribution in [-0.2, 0) is 0 Å². The highest BCUT2D eigenvalue weighted by atomic mass is 14.9. The maximum Gasteiger partial charge on any atom is 0.109 e. The van der Waals surface area contributed by atoms with Crippen LogP contribution in [0.25, 0.3) is 0 Å². The van der Waals surface area contributed by atoms with Crippen molar-refractivity contribution in [3.63, 3.8) is 0 Å². The summed E-state index contributed by atoms with van der Waals surface area (Å²) < 4.78 is 0. The monoisotopic (exact) mass is 194 g/mol. The summed E-state index contributed by atoms with van der Waals surface area (Å²) in [7, 11) is 0. The molecule has 0 radical (unpaired) electrons. The second kappa shape index (κ2) is 3.48. The van der Waals surface area contributed by atoms with Gasteiger partial charge in [-0.15, -0.1) is 0 Å². The SMILES string of the molecule is CC(C)(C)C1C=NC=NC1C(C)(C)C. The van der Waals surface area contributed by atoms with E-state index in [1.54, 1.807) is 6.34 Å². The average molecular weight is 194 g/mol. The molecule has 0 fully saturated rings. The molecule has 0 amide bonds. The van der Waals surface area contributed by atoms with Gasteiger partial charge in [-0.3, -0.25) is 4.99 Å². The van der Waals surface area contributed by atoms with E-state index in [1.807, 2.05) is 0 Å². The fourth-order valence-electron chi connectivity index (χ4n) is 1.88. The molecule has 1 aliphatic rings. The molecule has 0 N–H and O–H groups in total. The second-order valence-electron chi connectivity index (χ2n) is 6.27. The topological polar surface area (TPSA) is 24.7 Å². The fourth-order valence-corrected chi connectivity index (χ4v) is 1.88. The van der Waals surface area contributed by atoms with Gasteiger partial charge in [0.15, 0.2) is 0 Å². The van der Waals surface area contributed by atoms with Crippen LogP contribution in [0.4, 0.5) is 0 Å². The summed E-state index contributed by atoms with van der Waals surface area (Å²) in [5.41, 5.74) is 0.445. The van der Waals surface area contributed by atoms with Crippen molar-refractivity contribution in [3.05, 3.63) is 0 Å². The fraction of sp³-hybridized carbons (Fsp3) is 0.833. The van der Waals surface area contributed by atoms with Crippen molar-refractivity contribution in [2.45, 2.75) is 47.6 Å². The Balaban J connectivity index is 2.94. The standard InChI is InChI=1S/C12H22N2/c1-11(2,3)9-7-13-8-14-10(9)12(4,5)6/h7-10H,1-6H3. The lowest BCUT2D eigenvalue weighted by atomic mass is 9.69. The van der Waals surface area contributed by atoms with Crippen LogP contribution in [-0.4, -0.2) is 18.6 Å². The third kappa shape index (κ3) is 2.43. The van der Waals surface area contributed by atoms with Crippen molar-refractivity contribution in [2.24, 2.45) is 26.7 Å². The molecule has 14 heavy (non-hydrogen) atoms. The minimum atomic E-state index is 0.209. The van der Waals surface area contributed by atoms with Gasteiger partial charge in [0, 0.05) is 12.1 Å². The largest absolute Gasteiger partial charge is 0.269 e. The van der Waals surface area contributed by atoms with E-state index in [1.165, 1.54) is 0 Å². The molecule has 0 aromatic carbocycles. The van der Waals surface area contributed by atoms with E-state index in [9.17, 15) is 0 Å². The molecule has 2 nitrogen and oxygen atoms in total. The molecule has 1 heterocycles. The van der Waals surface area contributed by atoms with Crippen LogP contribution in [0, 0.1) is 16.7 Å². The van der Waals surface area contributed by atoms with Crippen molar-refractivity contribution in [1.82, 2.24) is 0 Å². The van der Waals surface area contributed by atoms with Crippen molar-refractivity contribution < 1.29 is 0 Å². The van der Waals surface area contributed by atoms with E-state index in [0.29, 0.717) is 12.0 Å². The molecule has 80 valence electrons. The first-order chi connectivity index (χ1) is 6.23. The van der Waals surface area contributed by atoms with E-state index in [2.05, 4.69) is 57.7 Å². The number of nitrogens with zero attached hydrogens (tertiary/aromatic N) is 2. The first-order valence-corrected chi connectivity index (χ1v) is 5.28. The Morgan fingerprint density at radius 3 is 1.86 bits per heavy atom. The Morgan fingerprint density at radius 1 is 0.929 bits per heavy atom. The molecule has 0 bridgehead atoms. The van der Waals surface area contributed by atoms with Gasteiger partial charge in [-0.2, -0.15) is 0 Å². The van der Waals surface area contributed by atoms with E-state index >= 15 is 0 Å². The Morgan fingerprint density at radius 2 is 1.50 bits per heavy atom. The molecule has 0 spiro atoms. The maximum absolute atomic E-state index is 4.53.